The van der Waals surface area contributed by atoms with E-state index in [1.165, 1.54) is 25.3 Å². The molecule has 0 saturated heterocycles. The average molecular weight is 312 g/mol. The average Bonchev–Trinajstić information content (AvgIpc) is 2.52. The molecular formula is C14H20N2O6. The molecule has 0 heterocycles. The maximum Gasteiger partial charge on any atom is 0.311 e. The lowest BCUT2D eigenvalue weighted by atomic mass is 10.3. The van der Waals surface area contributed by atoms with Crippen molar-refractivity contribution in [1.82, 2.24) is 4.90 Å². The van der Waals surface area contributed by atoms with Crippen molar-refractivity contribution in [1.29, 1.82) is 0 Å². The monoisotopic (exact) mass is 312 g/mol. The van der Waals surface area contributed by atoms with Crippen LogP contribution in [0.15, 0.2) is 18.2 Å². The van der Waals surface area contributed by atoms with E-state index in [1.54, 1.807) is 19.1 Å². The highest BCUT2D eigenvalue weighted by Gasteiger charge is 2.16. The molecule has 0 aliphatic rings. The molecule has 1 amide bonds. The van der Waals surface area contributed by atoms with Crippen LogP contribution in [-0.2, 0) is 9.53 Å². The van der Waals surface area contributed by atoms with Crippen molar-refractivity contribution in [3.8, 4) is 11.5 Å². The first-order valence-corrected chi connectivity index (χ1v) is 6.67. The summed E-state index contributed by atoms with van der Waals surface area (Å²) in [6, 6.07) is 4.09. The third-order valence-electron chi connectivity index (χ3n) is 2.98. The second kappa shape index (κ2) is 8.83. The van der Waals surface area contributed by atoms with Crippen LogP contribution in [-0.4, -0.2) is 56.8 Å². The highest BCUT2D eigenvalue weighted by Crippen LogP contribution is 2.30. The van der Waals surface area contributed by atoms with Gasteiger partial charge in [-0.3, -0.25) is 14.9 Å². The van der Waals surface area contributed by atoms with Gasteiger partial charge in [-0.15, -0.1) is 0 Å². The van der Waals surface area contributed by atoms with E-state index in [4.69, 9.17) is 14.2 Å². The van der Waals surface area contributed by atoms with Gasteiger partial charge in [0.1, 0.15) is 5.75 Å². The van der Waals surface area contributed by atoms with Gasteiger partial charge in [-0.05, 0) is 12.5 Å². The summed E-state index contributed by atoms with van der Waals surface area (Å²) < 4.78 is 15.2. The van der Waals surface area contributed by atoms with E-state index in [0.29, 0.717) is 18.9 Å². The lowest BCUT2D eigenvalue weighted by Crippen LogP contribution is -2.32. The highest BCUT2D eigenvalue weighted by atomic mass is 16.6. The lowest BCUT2D eigenvalue weighted by molar-refractivity contribution is -0.385. The van der Waals surface area contributed by atoms with Crippen LogP contribution in [0.25, 0.3) is 0 Å². The Morgan fingerprint density at radius 1 is 1.36 bits per heavy atom. The van der Waals surface area contributed by atoms with E-state index >= 15 is 0 Å². The molecule has 1 rings (SSSR count). The normalized spacial score (nSPS) is 10.1. The number of carbonyl (C=O) groups is 1. The van der Waals surface area contributed by atoms with Gasteiger partial charge in [-0.2, -0.15) is 0 Å². The van der Waals surface area contributed by atoms with Gasteiger partial charge in [0, 0.05) is 39.4 Å². The van der Waals surface area contributed by atoms with Gasteiger partial charge in [-0.25, -0.2) is 0 Å². The molecule has 0 spiro atoms. The van der Waals surface area contributed by atoms with Gasteiger partial charge in [-0.1, -0.05) is 0 Å². The van der Waals surface area contributed by atoms with Crippen LogP contribution in [0.5, 0.6) is 11.5 Å². The number of hydrogen-bond donors (Lipinski definition) is 0. The molecule has 22 heavy (non-hydrogen) atoms. The van der Waals surface area contributed by atoms with Gasteiger partial charge < -0.3 is 19.1 Å². The van der Waals surface area contributed by atoms with Crippen LogP contribution in [0.1, 0.15) is 6.42 Å². The van der Waals surface area contributed by atoms with Crippen LogP contribution in [0.2, 0.25) is 0 Å². The van der Waals surface area contributed by atoms with Gasteiger partial charge in [0.2, 0.25) is 5.75 Å². The molecule has 0 aliphatic heterocycles. The van der Waals surface area contributed by atoms with Crippen molar-refractivity contribution < 1.29 is 23.9 Å². The van der Waals surface area contributed by atoms with Crippen LogP contribution < -0.4 is 9.47 Å². The van der Waals surface area contributed by atoms with Crippen molar-refractivity contribution >= 4 is 11.6 Å². The van der Waals surface area contributed by atoms with Gasteiger partial charge in [0.15, 0.2) is 6.61 Å². The first-order chi connectivity index (χ1) is 10.5. The largest absolute Gasteiger partial charge is 0.490 e. The Morgan fingerprint density at radius 2 is 2.09 bits per heavy atom. The second-order valence-electron chi connectivity index (χ2n) is 4.54. The molecule has 0 N–H and O–H groups in total. The minimum absolute atomic E-state index is 0.0865. The fraction of sp³-hybridized carbons (Fsp3) is 0.500. The Hall–Kier alpha value is -2.35. The smallest absolute Gasteiger partial charge is 0.311 e. The molecule has 0 unspecified atom stereocenters. The lowest BCUT2D eigenvalue weighted by Gasteiger charge is -2.17. The van der Waals surface area contributed by atoms with Gasteiger partial charge >= 0.3 is 5.69 Å². The number of nitrogens with zero attached hydrogens (tertiary/aromatic N) is 2. The first kappa shape index (κ1) is 17.7. The Labute approximate surface area is 128 Å². The molecule has 8 heteroatoms. The van der Waals surface area contributed by atoms with Crippen molar-refractivity contribution in [2.75, 3.05) is 41.0 Å². The van der Waals surface area contributed by atoms with Crippen LogP contribution >= 0.6 is 0 Å². The Morgan fingerprint density at radius 3 is 2.68 bits per heavy atom. The predicted octanol–water partition coefficient (Wildman–Crippen LogP) is 1.48. The molecule has 0 aliphatic carbocycles. The summed E-state index contributed by atoms with van der Waals surface area (Å²) in [5, 5.41) is 10.8. The highest BCUT2D eigenvalue weighted by molar-refractivity contribution is 5.77. The third kappa shape index (κ3) is 5.21. The molecular weight excluding hydrogens is 292 g/mol. The zero-order chi connectivity index (χ0) is 16.5. The van der Waals surface area contributed by atoms with Crippen LogP contribution in [0.4, 0.5) is 5.69 Å². The fourth-order valence-corrected chi connectivity index (χ4v) is 1.72. The molecule has 0 saturated carbocycles. The summed E-state index contributed by atoms with van der Waals surface area (Å²) in [6.45, 7) is 1.00. The van der Waals surface area contributed by atoms with E-state index < -0.39 is 4.92 Å². The zero-order valence-corrected chi connectivity index (χ0v) is 12.9. The first-order valence-electron chi connectivity index (χ1n) is 6.67. The van der Waals surface area contributed by atoms with Gasteiger partial charge in [0.25, 0.3) is 5.91 Å². The number of amides is 1. The second-order valence-corrected chi connectivity index (χ2v) is 4.54. The van der Waals surface area contributed by atoms with Crippen molar-refractivity contribution in [3.63, 3.8) is 0 Å². The summed E-state index contributed by atoms with van der Waals surface area (Å²) in [5.74, 6) is 0.234. The molecule has 1 aromatic carbocycles. The van der Waals surface area contributed by atoms with E-state index in [-0.39, 0.29) is 24.0 Å². The molecule has 1 aromatic rings. The third-order valence-corrected chi connectivity index (χ3v) is 2.98. The van der Waals surface area contributed by atoms with Crippen molar-refractivity contribution in [2.24, 2.45) is 0 Å². The Bertz CT molecular complexity index is 520. The minimum Gasteiger partial charge on any atom is -0.490 e. The Balaban J connectivity index is 2.57. The summed E-state index contributed by atoms with van der Waals surface area (Å²) in [5.41, 5.74) is -0.155. The van der Waals surface area contributed by atoms with Gasteiger partial charge in [0.05, 0.1) is 12.0 Å². The van der Waals surface area contributed by atoms with Crippen molar-refractivity contribution in [2.45, 2.75) is 6.42 Å². The molecule has 0 aromatic heterocycles. The number of carbonyl (C=O) groups excluding carboxylic acids is 1. The fourth-order valence-electron chi connectivity index (χ4n) is 1.72. The summed E-state index contributed by atoms with van der Waals surface area (Å²) in [4.78, 5) is 23.6. The number of methoxy groups -OCH3 is 2. The topological polar surface area (TPSA) is 91.1 Å². The van der Waals surface area contributed by atoms with E-state index in [0.717, 1.165) is 6.42 Å². The van der Waals surface area contributed by atoms with Crippen LogP contribution in [0.3, 0.4) is 0 Å². The maximum absolute atomic E-state index is 11.9. The number of nitro groups is 1. The molecule has 0 fully saturated rings. The number of nitro benzene ring substituents is 1. The summed E-state index contributed by atoms with van der Waals surface area (Å²) in [6.07, 6.45) is 0.740. The SMILES string of the molecule is COCCCN(C)C(=O)COc1ccc([N+](=O)[O-])c(OC)c1. The molecule has 8 nitrogen and oxygen atoms in total. The molecule has 0 radical (unpaired) electrons. The zero-order valence-electron chi connectivity index (χ0n) is 12.9. The summed E-state index contributed by atoms with van der Waals surface area (Å²) >= 11 is 0. The standard InChI is InChI=1S/C14H20N2O6/c1-15(7-4-8-20-2)14(17)10-22-11-5-6-12(16(18)19)13(9-11)21-3/h5-6,9H,4,7-8,10H2,1-3H3. The number of rotatable bonds is 9. The maximum atomic E-state index is 11.9. The molecule has 0 bridgehead atoms. The van der Waals surface area contributed by atoms with E-state index in [9.17, 15) is 14.9 Å². The van der Waals surface area contributed by atoms with Crippen molar-refractivity contribution in [3.05, 3.63) is 28.3 Å². The number of hydrogen-bond acceptors (Lipinski definition) is 6. The number of benzene rings is 1. The minimum atomic E-state index is -0.544. The molecule has 0 atom stereocenters. The van der Waals surface area contributed by atoms with E-state index in [1.807, 2.05) is 0 Å². The predicted molar refractivity (Wildman–Crippen MR) is 79.3 cm³/mol. The van der Waals surface area contributed by atoms with Crippen LogP contribution in [0, 0.1) is 10.1 Å². The number of likely N-dealkylation sites (N-methyl/N-ethyl adjacent to an activating group) is 1. The number of ether oxygens (including phenoxy) is 3. The Kier molecular flexibility index (Phi) is 7.11. The summed E-state index contributed by atoms with van der Waals surface area (Å²) in [7, 11) is 4.62. The quantitative estimate of drug-likeness (QED) is 0.389. The molecule has 122 valence electrons. The van der Waals surface area contributed by atoms with E-state index in [2.05, 4.69) is 0 Å².